The predicted octanol–water partition coefficient (Wildman–Crippen LogP) is 3.33. The molecule has 0 saturated carbocycles. The molecule has 4 nitrogen and oxygen atoms in total. The van der Waals surface area contributed by atoms with Crippen molar-refractivity contribution in [3.05, 3.63) is 59.0 Å². The van der Waals surface area contributed by atoms with Crippen molar-refractivity contribution < 1.29 is 9.53 Å². The Kier molecular flexibility index (Phi) is 4.03. The molecule has 0 radical (unpaired) electrons. The molecule has 0 saturated heterocycles. The maximum Gasteiger partial charge on any atom is 0.323 e. The van der Waals surface area contributed by atoms with Crippen molar-refractivity contribution in [1.29, 1.82) is 0 Å². The number of aryl methyl sites for hydroxylation is 1. The lowest BCUT2D eigenvalue weighted by molar-refractivity contribution is -0.119. The van der Waals surface area contributed by atoms with E-state index in [-0.39, 0.29) is 6.61 Å². The summed E-state index contributed by atoms with van der Waals surface area (Å²) < 4.78 is 5.21. The first-order valence-corrected chi connectivity index (χ1v) is 5.85. The van der Waals surface area contributed by atoms with Gasteiger partial charge in [-0.25, -0.2) is 0 Å². The van der Waals surface area contributed by atoms with Gasteiger partial charge in [0.1, 0.15) is 5.75 Å². The van der Waals surface area contributed by atoms with Crippen LogP contribution < -0.4 is 4.74 Å². The van der Waals surface area contributed by atoms with Gasteiger partial charge in [-0.05, 0) is 30.2 Å². The summed E-state index contributed by atoms with van der Waals surface area (Å²) in [5.74, 6) is -0.281. The summed E-state index contributed by atoms with van der Waals surface area (Å²) in [5.41, 5.74) is 3.24. The fraction of sp³-hybridized carbons (Fsp3) is 0.133. The Morgan fingerprint density at radius 2 is 1.79 bits per heavy atom. The molecule has 0 aliphatic heterocycles. The van der Waals surface area contributed by atoms with Gasteiger partial charge in [0, 0.05) is 5.18 Å². The van der Waals surface area contributed by atoms with Crippen molar-refractivity contribution in [2.24, 2.45) is 5.18 Å². The van der Waals surface area contributed by atoms with Crippen LogP contribution in [-0.4, -0.2) is 12.5 Å². The van der Waals surface area contributed by atoms with E-state index < -0.39 is 5.91 Å². The molecule has 0 atom stereocenters. The number of hydrogen-bond acceptors (Lipinski definition) is 3. The summed E-state index contributed by atoms with van der Waals surface area (Å²) in [6.45, 7) is 1.69. The van der Waals surface area contributed by atoms with Gasteiger partial charge in [-0.3, -0.25) is 4.79 Å². The molecule has 2 rings (SSSR count). The number of benzene rings is 2. The predicted molar refractivity (Wildman–Crippen MR) is 72.9 cm³/mol. The monoisotopic (exact) mass is 255 g/mol. The quantitative estimate of drug-likeness (QED) is 0.787. The van der Waals surface area contributed by atoms with E-state index in [4.69, 9.17) is 4.74 Å². The van der Waals surface area contributed by atoms with Crippen LogP contribution in [0.25, 0.3) is 11.1 Å². The van der Waals surface area contributed by atoms with Crippen LogP contribution in [0.3, 0.4) is 0 Å². The molecule has 0 spiro atoms. The summed E-state index contributed by atoms with van der Waals surface area (Å²) in [5, 5.41) is 2.28. The highest BCUT2D eigenvalue weighted by Gasteiger charge is 2.04. The maximum atomic E-state index is 10.8. The molecule has 2 aromatic carbocycles. The number of hydrogen-bond donors (Lipinski definition) is 0. The van der Waals surface area contributed by atoms with Gasteiger partial charge in [0.2, 0.25) is 0 Å². The van der Waals surface area contributed by atoms with Crippen LogP contribution in [0.15, 0.2) is 53.7 Å². The molecule has 0 unspecified atom stereocenters. The van der Waals surface area contributed by atoms with E-state index in [1.54, 1.807) is 6.07 Å². The number of carbonyl (C=O) groups excluding carboxylic acids is 1. The number of nitrogens with zero attached hydrogens (tertiary/aromatic N) is 1. The number of nitroso groups, excluding NO2 is 1. The first-order chi connectivity index (χ1) is 9.19. The van der Waals surface area contributed by atoms with Gasteiger partial charge in [-0.15, -0.1) is 4.91 Å². The second-order valence-corrected chi connectivity index (χ2v) is 4.17. The third-order valence-electron chi connectivity index (χ3n) is 2.65. The topological polar surface area (TPSA) is 55.7 Å². The fourth-order valence-corrected chi connectivity index (χ4v) is 1.76. The summed E-state index contributed by atoms with van der Waals surface area (Å²) >= 11 is 0. The molecule has 0 N–H and O–H groups in total. The highest BCUT2D eigenvalue weighted by atomic mass is 16.5. The zero-order valence-electron chi connectivity index (χ0n) is 10.5. The van der Waals surface area contributed by atoms with Crippen molar-refractivity contribution in [1.82, 2.24) is 0 Å². The smallest absolute Gasteiger partial charge is 0.323 e. The third kappa shape index (κ3) is 3.48. The summed E-state index contributed by atoms with van der Waals surface area (Å²) in [4.78, 5) is 20.8. The van der Waals surface area contributed by atoms with Gasteiger partial charge < -0.3 is 4.74 Å². The SMILES string of the molecule is Cc1cccc(-c2cccc(OCC(=O)N=O)c2)c1. The largest absolute Gasteiger partial charge is 0.484 e. The van der Waals surface area contributed by atoms with Gasteiger partial charge in [0.05, 0.1) is 0 Å². The summed E-state index contributed by atoms with van der Waals surface area (Å²) in [7, 11) is 0. The van der Waals surface area contributed by atoms with Crippen LogP contribution in [0.2, 0.25) is 0 Å². The number of rotatable bonds is 4. The lowest BCUT2D eigenvalue weighted by Gasteiger charge is -2.07. The van der Waals surface area contributed by atoms with Crippen LogP contribution in [0, 0.1) is 11.8 Å². The van der Waals surface area contributed by atoms with Crippen molar-refractivity contribution in [2.75, 3.05) is 6.61 Å². The molecular weight excluding hydrogens is 242 g/mol. The fourth-order valence-electron chi connectivity index (χ4n) is 1.76. The lowest BCUT2D eigenvalue weighted by Crippen LogP contribution is -2.07. The van der Waals surface area contributed by atoms with E-state index >= 15 is 0 Å². The number of carbonyl (C=O) groups is 1. The molecule has 96 valence electrons. The molecule has 0 aromatic heterocycles. The highest BCUT2D eigenvalue weighted by molar-refractivity contribution is 5.78. The van der Waals surface area contributed by atoms with Gasteiger partial charge in [-0.1, -0.05) is 42.0 Å². The zero-order valence-corrected chi connectivity index (χ0v) is 10.5. The van der Waals surface area contributed by atoms with Crippen LogP contribution in [0.4, 0.5) is 0 Å². The molecule has 0 aliphatic carbocycles. The van der Waals surface area contributed by atoms with Crippen LogP contribution in [0.5, 0.6) is 5.75 Å². The van der Waals surface area contributed by atoms with Crippen molar-refractivity contribution in [2.45, 2.75) is 6.92 Å². The lowest BCUT2D eigenvalue weighted by atomic mass is 10.0. The van der Waals surface area contributed by atoms with Gasteiger partial charge in [0.15, 0.2) is 6.61 Å². The summed E-state index contributed by atoms with van der Waals surface area (Å²) in [6, 6.07) is 15.4. The number of ether oxygens (including phenoxy) is 1. The zero-order chi connectivity index (χ0) is 13.7. The molecule has 2 aromatic rings. The van der Waals surface area contributed by atoms with Crippen LogP contribution in [0.1, 0.15) is 5.56 Å². The first-order valence-electron chi connectivity index (χ1n) is 5.85. The standard InChI is InChI=1S/C15H13NO3/c1-11-4-2-5-12(8-11)13-6-3-7-14(9-13)19-10-15(17)16-18/h2-9H,10H2,1H3. The minimum absolute atomic E-state index is 0.333. The molecule has 1 amide bonds. The molecular formula is C15H13NO3. The Morgan fingerprint density at radius 1 is 1.11 bits per heavy atom. The van der Waals surface area contributed by atoms with Gasteiger partial charge in [0.25, 0.3) is 0 Å². The van der Waals surface area contributed by atoms with E-state index in [0.29, 0.717) is 5.75 Å². The van der Waals surface area contributed by atoms with E-state index in [9.17, 15) is 9.70 Å². The van der Waals surface area contributed by atoms with Crippen LogP contribution in [-0.2, 0) is 4.79 Å². The first kappa shape index (κ1) is 13.0. The summed E-state index contributed by atoms with van der Waals surface area (Å²) in [6.07, 6.45) is 0. The number of amides is 1. The Bertz CT molecular complexity index is 608. The Labute approximate surface area is 111 Å². The van der Waals surface area contributed by atoms with Crippen LogP contribution >= 0.6 is 0 Å². The Morgan fingerprint density at radius 3 is 2.47 bits per heavy atom. The van der Waals surface area contributed by atoms with Gasteiger partial charge >= 0.3 is 5.91 Å². The normalized spacial score (nSPS) is 9.95. The maximum absolute atomic E-state index is 10.8. The molecule has 0 bridgehead atoms. The second-order valence-electron chi connectivity index (χ2n) is 4.17. The average molecular weight is 255 g/mol. The van der Waals surface area contributed by atoms with Crippen molar-refractivity contribution in [3.8, 4) is 16.9 Å². The third-order valence-corrected chi connectivity index (χ3v) is 2.65. The average Bonchev–Trinajstić information content (AvgIpc) is 2.45. The van der Waals surface area contributed by atoms with Crippen molar-refractivity contribution in [3.63, 3.8) is 0 Å². The van der Waals surface area contributed by atoms with Gasteiger partial charge in [-0.2, -0.15) is 0 Å². The van der Waals surface area contributed by atoms with E-state index in [2.05, 4.69) is 11.2 Å². The van der Waals surface area contributed by atoms with Crippen molar-refractivity contribution >= 4 is 5.91 Å². The highest BCUT2D eigenvalue weighted by Crippen LogP contribution is 2.24. The minimum atomic E-state index is -0.819. The van der Waals surface area contributed by atoms with E-state index in [0.717, 1.165) is 11.1 Å². The molecule has 4 heteroatoms. The molecule has 19 heavy (non-hydrogen) atoms. The second kappa shape index (κ2) is 5.91. The minimum Gasteiger partial charge on any atom is -0.484 e. The Hall–Kier alpha value is -2.49. The van der Waals surface area contributed by atoms with E-state index in [1.165, 1.54) is 5.56 Å². The molecule has 0 aliphatic rings. The molecule has 0 heterocycles. The van der Waals surface area contributed by atoms with E-state index in [1.807, 2.05) is 43.3 Å². The molecule has 0 fully saturated rings. The Balaban J connectivity index is 2.19.